The Morgan fingerprint density at radius 2 is 1.79 bits per heavy atom. The Labute approximate surface area is 202 Å². The van der Waals surface area contributed by atoms with E-state index >= 15 is 0 Å². The van der Waals surface area contributed by atoms with E-state index in [-0.39, 0.29) is 5.91 Å². The molecule has 4 rings (SSSR count). The molecule has 0 aliphatic rings. The van der Waals surface area contributed by atoms with Crippen LogP contribution >= 0.6 is 23.4 Å². The molecule has 0 bridgehead atoms. The first-order valence-corrected chi connectivity index (χ1v) is 11.6. The minimum atomic E-state index is -0.412. The van der Waals surface area contributed by atoms with Crippen molar-refractivity contribution in [3.63, 3.8) is 0 Å². The van der Waals surface area contributed by atoms with Crippen LogP contribution in [-0.2, 0) is 4.79 Å². The summed E-state index contributed by atoms with van der Waals surface area (Å²) in [5.74, 6) is 1.12. The minimum absolute atomic E-state index is 0.113. The Bertz CT molecular complexity index is 1280. The summed E-state index contributed by atoms with van der Waals surface area (Å²) in [6.45, 7) is 3.81. The first kappa shape index (κ1) is 22.9. The predicted molar refractivity (Wildman–Crippen MR) is 133 cm³/mol. The lowest BCUT2D eigenvalue weighted by molar-refractivity contribution is -0.115. The van der Waals surface area contributed by atoms with Crippen LogP contribution in [0.25, 0.3) is 17.1 Å². The Morgan fingerprint density at radius 1 is 1.06 bits per heavy atom. The second-order valence-corrected chi connectivity index (χ2v) is 9.11. The zero-order valence-corrected chi connectivity index (χ0v) is 20.0. The molecule has 1 heterocycles. The Kier molecular flexibility index (Phi) is 7.01. The molecule has 3 aromatic carbocycles. The number of thioether (sulfide) groups is 1. The number of ether oxygens (including phenoxy) is 1. The summed E-state index contributed by atoms with van der Waals surface area (Å²) in [5.41, 5.74) is 3.48. The van der Waals surface area contributed by atoms with Gasteiger partial charge in [0.1, 0.15) is 5.75 Å². The molecule has 0 radical (unpaired) electrons. The molecule has 0 aliphatic carbocycles. The van der Waals surface area contributed by atoms with Crippen molar-refractivity contribution >= 4 is 35.0 Å². The molecule has 1 atom stereocenters. The molecule has 168 valence electrons. The molecule has 6 nitrogen and oxygen atoms in total. The number of benzene rings is 3. The lowest BCUT2D eigenvalue weighted by atomic mass is 10.2. The van der Waals surface area contributed by atoms with Crippen molar-refractivity contribution in [3.05, 3.63) is 83.4 Å². The second-order valence-electron chi connectivity index (χ2n) is 7.39. The maximum Gasteiger partial charge on any atom is 0.237 e. The summed E-state index contributed by atoms with van der Waals surface area (Å²) in [6, 6.07) is 23.0. The van der Waals surface area contributed by atoms with Gasteiger partial charge in [-0.25, -0.2) is 0 Å². The third kappa shape index (κ3) is 5.05. The molecule has 0 aliphatic heterocycles. The molecule has 1 unspecified atom stereocenters. The van der Waals surface area contributed by atoms with Crippen LogP contribution in [-0.4, -0.2) is 33.0 Å². The number of rotatable bonds is 7. The van der Waals surface area contributed by atoms with Crippen molar-refractivity contribution in [2.24, 2.45) is 0 Å². The first-order valence-electron chi connectivity index (χ1n) is 10.4. The van der Waals surface area contributed by atoms with Gasteiger partial charge in [-0.2, -0.15) is 0 Å². The Morgan fingerprint density at radius 3 is 2.48 bits per heavy atom. The number of halogens is 1. The van der Waals surface area contributed by atoms with Crippen molar-refractivity contribution in [3.8, 4) is 22.8 Å². The first-order chi connectivity index (χ1) is 16.0. The maximum atomic E-state index is 12.9. The highest BCUT2D eigenvalue weighted by Crippen LogP contribution is 2.33. The smallest absolute Gasteiger partial charge is 0.237 e. The van der Waals surface area contributed by atoms with E-state index in [1.807, 2.05) is 79.1 Å². The normalized spacial score (nSPS) is 11.8. The number of hydrogen-bond acceptors (Lipinski definition) is 5. The number of anilines is 1. The van der Waals surface area contributed by atoms with E-state index in [0.29, 0.717) is 21.8 Å². The molecule has 1 N–H and O–H groups in total. The topological polar surface area (TPSA) is 69.0 Å². The number of hydrogen-bond donors (Lipinski definition) is 1. The molecule has 0 saturated heterocycles. The average molecular weight is 479 g/mol. The van der Waals surface area contributed by atoms with Crippen molar-refractivity contribution in [2.45, 2.75) is 24.3 Å². The average Bonchev–Trinajstić information content (AvgIpc) is 3.24. The van der Waals surface area contributed by atoms with E-state index in [4.69, 9.17) is 16.3 Å². The molecular formula is C25H23ClN4O2S. The van der Waals surface area contributed by atoms with Gasteiger partial charge >= 0.3 is 0 Å². The van der Waals surface area contributed by atoms with Crippen LogP contribution in [0.4, 0.5) is 5.69 Å². The van der Waals surface area contributed by atoms with Crippen LogP contribution in [0.5, 0.6) is 5.75 Å². The van der Waals surface area contributed by atoms with E-state index < -0.39 is 5.25 Å². The van der Waals surface area contributed by atoms with Crippen LogP contribution < -0.4 is 10.1 Å². The predicted octanol–water partition coefficient (Wildman–Crippen LogP) is 6.02. The van der Waals surface area contributed by atoms with Gasteiger partial charge in [-0.1, -0.05) is 71.9 Å². The number of nitrogens with one attached hydrogen (secondary N) is 1. The van der Waals surface area contributed by atoms with Gasteiger partial charge in [0.15, 0.2) is 11.0 Å². The molecule has 4 aromatic rings. The zero-order valence-electron chi connectivity index (χ0n) is 18.4. The molecule has 33 heavy (non-hydrogen) atoms. The largest absolute Gasteiger partial charge is 0.495 e. The van der Waals surface area contributed by atoms with Gasteiger partial charge in [-0.05, 0) is 43.7 Å². The fraction of sp³-hybridized carbons (Fsp3) is 0.160. The molecule has 0 spiro atoms. The number of aryl methyl sites for hydroxylation is 1. The number of para-hydroxylation sites is 1. The SMILES string of the molecule is COc1ccc(-n2c(SC(C)C(=O)Nc3ccccc3C)nnc2-c2ccccc2)cc1Cl. The number of nitrogens with zero attached hydrogens (tertiary/aromatic N) is 3. The van der Waals surface area contributed by atoms with E-state index in [9.17, 15) is 4.79 Å². The number of amides is 1. The fourth-order valence-corrected chi connectivity index (χ4v) is 4.43. The Balaban J connectivity index is 1.68. The summed E-state index contributed by atoms with van der Waals surface area (Å²) >= 11 is 7.74. The van der Waals surface area contributed by atoms with Gasteiger partial charge in [-0.3, -0.25) is 9.36 Å². The minimum Gasteiger partial charge on any atom is -0.495 e. The lowest BCUT2D eigenvalue weighted by Gasteiger charge is -2.15. The number of carbonyl (C=O) groups excluding carboxylic acids is 1. The van der Waals surface area contributed by atoms with Crippen LogP contribution in [0.3, 0.4) is 0 Å². The third-order valence-electron chi connectivity index (χ3n) is 5.11. The summed E-state index contributed by atoms with van der Waals surface area (Å²) < 4.78 is 7.20. The van der Waals surface area contributed by atoms with Gasteiger partial charge in [0, 0.05) is 11.3 Å². The van der Waals surface area contributed by atoms with Gasteiger partial charge in [0.25, 0.3) is 0 Å². The number of aromatic nitrogens is 3. The molecule has 1 amide bonds. The molecule has 0 saturated carbocycles. The third-order valence-corrected chi connectivity index (χ3v) is 6.45. The zero-order chi connectivity index (χ0) is 23.4. The Hall–Kier alpha value is -3.29. The van der Waals surface area contributed by atoms with Gasteiger partial charge in [0.2, 0.25) is 5.91 Å². The molecular weight excluding hydrogens is 456 g/mol. The maximum absolute atomic E-state index is 12.9. The van der Waals surface area contributed by atoms with Crippen LogP contribution in [0, 0.1) is 6.92 Å². The monoisotopic (exact) mass is 478 g/mol. The van der Waals surface area contributed by atoms with E-state index in [1.165, 1.54) is 11.8 Å². The highest BCUT2D eigenvalue weighted by atomic mass is 35.5. The standard InChI is InChI=1S/C25H23ClN4O2S/c1-16-9-7-8-12-21(16)27-24(31)17(2)33-25-29-28-23(18-10-5-4-6-11-18)30(25)19-13-14-22(32-3)20(26)15-19/h4-15,17H,1-3H3,(H,27,31). The summed E-state index contributed by atoms with van der Waals surface area (Å²) in [7, 11) is 1.57. The van der Waals surface area contributed by atoms with Crippen LogP contribution in [0.1, 0.15) is 12.5 Å². The van der Waals surface area contributed by atoms with Crippen molar-refractivity contribution in [1.29, 1.82) is 0 Å². The molecule has 8 heteroatoms. The summed E-state index contributed by atoms with van der Waals surface area (Å²) in [4.78, 5) is 12.9. The summed E-state index contributed by atoms with van der Waals surface area (Å²) in [6.07, 6.45) is 0. The van der Waals surface area contributed by atoms with Crippen LogP contribution in [0.15, 0.2) is 78.0 Å². The fourth-order valence-electron chi connectivity index (χ4n) is 3.31. The molecule has 1 aromatic heterocycles. The highest BCUT2D eigenvalue weighted by molar-refractivity contribution is 8.00. The second kappa shape index (κ2) is 10.1. The van der Waals surface area contributed by atoms with E-state index in [2.05, 4.69) is 15.5 Å². The van der Waals surface area contributed by atoms with Crippen molar-refractivity contribution in [1.82, 2.24) is 14.8 Å². The quantitative estimate of drug-likeness (QED) is 0.329. The van der Waals surface area contributed by atoms with Crippen molar-refractivity contribution in [2.75, 3.05) is 12.4 Å². The van der Waals surface area contributed by atoms with Crippen LogP contribution in [0.2, 0.25) is 5.02 Å². The van der Waals surface area contributed by atoms with E-state index in [0.717, 1.165) is 22.5 Å². The number of methoxy groups -OCH3 is 1. The van der Waals surface area contributed by atoms with Crippen molar-refractivity contribution < 1.29 is 9.53 Å². The van der Waals surface area contributed by atoms with E-state index in [1.54, 1.807) is 19.2 Å². The number of carbonyl (C=O) groups is 1. The molecule has 0 fully saturated rings. The summed E-state index contributed by atoms with van der Waals surface area (Å²) in [5, 5.41) is 12.5. The van der Waals surface area contributed by atoms with Gasteiger partial charge in [0.05, 0.1) is 23.1 Å². The van der Waals surface area contributed by atoms with Gasteiger partial charge < -0.3 is 10.1 Å². The van der Waals surface area contributed by atoms with Gasteiger partial charge in [-0.15, -0.1) is 10.2 Å². The lowest BCUT2D eigenvalue weighted by Crippen LogP contribution is -2.23. The highest BCUT2D eigenvalue weighted by Gasteiger charge is 2.22.